The van der Waals surface area contributed by atoms with Gasteiger partial charge in [0.15, 0.2) is 0 Å². The molecule has 1 aliphatic rings. The number of benzene rings is 1. The normalized spacial score (nSPS) is 17.7. The van der Waals surface area contributed by atoms with Crippen LogP contribution in [0.5, 0.6) is 0 Å². The number of nitrogens with zero attached hydrogens (tertiary/aromatic N) is 1. The zero-order chi connectivity index (χ0) is 14.0. The number of carbonyl (C=O) groups is 1. The van der Waals surface area contributed by atoms with Gasteiger partial charge in [-0.3, -0.25) is 4.79 Å². The Balaban J connectivity index is 2.20. The van der Waals surface area contributed by atoms with Crippen LogP contribution < -0.4 is 5.73 Å². The summed E-state index contributed by atoms with van der Waals surface area (Å²) in [4.78, 5) is 14.6. The molecule has 1 amide bonds. The Hall–Kier alpha value is -1.51. The molecule has 2 N–H and O–H groups in total. The number of aryl methyl sites for hydroxylation is 1. The summed E-state index contributed by atoms with van der Waals surface area (Å²) in [6.45, 7) is 8.17. The highest BCUT2D eigenvalue weighted by atomic mass is 16.2. The lowest BCUT2D eigenvalue weighted by Gasteiger charge is -2.26. The molecule has 0 aromatic heterocycles. The maximum atomic E-state index is 12.6. The van der Waals surface area contributed by atoms with E-state index in [9.17, 15) is 4.79 Å². The molecule has 1 heterocycles. The smallest absolute Gasteiger partial charge is 0.254 e. The van der Waals surface area contributed by atoms with Crippen LogP contribution in [0.3, 0.4) is 0 Å². The number of rotatable bonds is 3. The first-order valence-corrected chi connectivity index (χ1v) is 7.17. The number of likely N-dealkylation sites (tertiary alicyclic amines) is 1. The molecule has 3 heteroatoms. The Bertz CT molecular complexity index is 478. The van der Waals surface area contributed by atoms with Crippen LogP contribution in [0.25, 0.3) is 0 Å². The van der Waals surface area contributed by atoms with Crippen molar-refractivity contribution in [3.05, 3.63) is 29.3 Å². The zero-order valence-corrected chi connectivity index (χ0v) is 12.2. The van der Waals surface area contributed by atoms with Gasteiger partial charge in [-0.15, -0.1) is 0 Å². The molecule has 19 heavy (non-hydrogen) atoms. The van der Waals surface area contributed by atoms with Gasteiger partial charge in [0.1, 0.15) is 0 Å². The van der Waals surface area contributed by atoms with E-state index in [2.05, 4.69) is 13.8 Å². The highest BCUT2D eigenvalue weighted by Gasteiger charge is 2.37. The van der Waals surface area contributed by atoms with Crippen LogP contribution in [0.2, 0.25) is 0 Å². The van der Waals surface area contributed by atoms with Crippen molar-refractivity contribution in [3.63, 3.8) is 0 Å². The van der Waals surface area contributed by atoms with Gasteiger partial charge in [-0.05, 0) is 49.3 Å². The Morgan fingerprint density at radius 3 is 2.63 bits per heavy atom. The zero-order valence-electron chi connectivity index (χ0n) is 12.2. The van der Waals surface area contributed by atoms with Crippen LogP contribution in [0.15, 0.2) is 18.2 Å². The van der Waals surface area contributed by atoms with Crippen molar-refractivity contribution < 1.29 is 4.79 Å². The van der Waals surface area contributed by atoms with E-state index in [0.717, 1.165) is 43.5 Å². The number of nitrogen functional groups attached to an aromatic ring is 1. The molecule has 2 rings (SSSR count). The van der Waals surface area contributed by atoms with Gasteiger partial charge in [-0.1, -0.05) is 19.9 Å². The monoisotopic (exact) mass is 260 g/mol. The fourth-order valence-corrected chi connectivity index (χ4v) is 2.98. The number of hydrogen-bond donors (Lipinski definition) is 1. The topological polar surface area (TPSA) is 46.3 Å². The molecule has 1 saturated heterocycles. The lowest BCUT2D eigenvalue weighted by atomic mass is 9.82. The van der Waals surface area contributed by atoms with E-state index >= 15 is 0 Å². The van der Waals surface area contributed by atoms with Gasteiger partial charge in [-0.25, -0.2) is 0 Å². The molecule has 1 aliphatic heterocycles. The number of carbonyl (C=O) groups excluding carboxylic acids is 1. The first-order valence-electron chi connectivity index (χ1n) is 7.17. The van der Waals surface area contributed by atoms with Crippen molar-refractivity contribution in [2.45, 2.75) is 40.0 Å². The van der Waals surface area contributed by atoms with Gasteiger partial charge in [0.2, 0.25) is 0 Å². The summed E-state index contributed by atoms with van der Waals surface area (Å²) < 4.78 is 0. The average Bonchev–Trinajstić information content (AvgIpc) is 2.86. The maximum absolute atomic E-state index is 12.6. The standard InChI is InChI=1S/C16H24N2O/c1-4-16(5-2)8-9-18(11-16)15(19)14-10-13(17)7-6-12(14)3/h6-7,10H,4-5,8-9,11,17H2,1-3H3. The molecule has 0 bridgehead atoms. The number of hydrogen-bond acceptors (Lipinski definition) is 2. The summed E-state index contributed by atoms with van der Waals surface area (Å²) >= 11 is 0. The Kier molecular flexibility index (Phi) is 3.83. The minimum absolute atomic E-state index is 0.133. The van der Waals surface area contributed by atoms with Crippen LogP contribution in [0.4, 0.5) is 5.69 Å². The van der Waals surface area contributed by atoms with Gasteiger partial charge in [0, 0.05) is 24.3 Å². The molecule has 0 spiro atoms. The molecule has 0 radical (unpaired) electrons. The van der Waals surface area contributed by atoms with Crippen LogP contribution >= 0.6 is 0 Å². The second kappa shape index (κ2) is 5.24. The van der Waals surface area contributed by atoms with Gasteiger partial charge in [-0.2, -0.15) is 0 Å². The number of amides is 1. The van der Waals surface area contributed by atoms with Gasteiger partial charge in [0.25, 0.3) is 5.91 Å². The van der Waals surface area contributed by atoms with E-state index < -0.39 is 0 Å². The van der Waals surface area contributed by atoms with Crippen LogP contribution in [-0.4, -0.2) is 23.9 Å². The Labute approximate surface area is 115 Å². The third-order valence-corrected chi connectivity index (χ3v) is 4.72. The van der Waals surface area contributed by atoms with Gasteiger partial charge in [0.05, 0.1) is 0 Å². The first kappa shape index (κ1) is 13.9. The first-order chi connectivity index (χ1) is 9.01. The summed E-state index contributed by atoms with van der Waals surface area (Å²) in [5.74, 6) is 0.133. The maximum Gasteiger partial charge on any atom is 0.254 e. The van der Waals surface area contributed by atoms with Crippen molar-refractivity contribution >= 4 is 11.6 Å². The molecule has 0 atom stereocenters. The molecule has 0 saturated carbocycles. The summed E-state index contributed by atoms with van der Waals surface area (Å²) in [6, 6.07) is 5.57. The van der Waals surface area contributed by atoms with E-state index in [0.29, 0.717) is 11.1 Å². The average molecular weight is 260 g/mol. The largest absolute Gasteiger partial charge is 0.399 e. The molecule has 1 aromatic carbocycles. The van der Waals surface area contributed by atoms with Crippen molar-refractivity contribution in [2.75, 3.05) is 18.8 Å². The lowest BCUT2D eigenvalue weighted by Crippen LogP contribution is -2.32. The SMILES string of the molecule is CCC1(CC)CCN(C(=O)c2cc(N)ccc2C)C1. The summed E-state index contributed by atoms with van der Waals surface area (Å²) in [7, 11) is 0. The van der Waals surface area contributed by atoms with E-state index in [4.69, 9.17) is 5.73 Å². The lowest BCUT2D eigenvalue weighted by molar-refractivity contribution is 0.0769. The van der Waals surface area contributed by atoms with E-state index in [1.54, 1.807) is 6.07 Å². The van der Waals surface area contributed by atoms with Crippen molar-refractivity contribution in [1.82, 2.24) is 4.90 Å². The molecule has 0 aliphatic carbocycles. The van der Waals surface area contributed by atoms with Crippen molar-refractivity contribution in [3.8, 4) is 0 Å². The van der Waals surface area contributed by atoms with Crippen molar-refractivity contribution in [1.29, 1.82) is 0 Å². The Morgan fingerprint density at radius 2 is 2.05 bits per heavy atom. The predicted octanol–water partition coefficient (Wildman–Crippen LogP) is 3.23. The molecule has 3 nitrogen and oxygen atoms in total. The van der Waals surface area contributed by atoms with Gasteiger partial charge < -0.3 is 10.6 Å². The summed E-state index contributed by atoms with van der Waals surface area (Å²) in [6.07, 6.45) is 3.40. The third kappa shape index (κ3) is 2.60. The molecule has 104 valence electrons. The highest BCUT2D eigenvalue weighted by Crippen LogP contribution is 2.37. The van der Waals surface area contributed by atoms with Gasteiger partial charge >= 0.3 is 0 Å². The second-order valence-electron chi connectivity index (χ2n) is 5.76. The minimum Gasteiger partial charge on any atom is -0.399 e. The summed E-state index contributed by atoms with van der Waals surface area (Å²) in [5, 5.41) is 0. The number of anilines is 1. The second-order valence-corrected chi connectivity index (χ2v) is 5.76. The van der Waals surface area contributed by atoms with E-state index in [1.807, 2.05) is 24.0 Å². The third-order valence-electron chi connectivity index (χ3n) is 4.72. The van der Waals surface area contributed by atoms with Crippen LogP contribution in [0.1, 0.15) is 49.0 Å². The molecule has 1 aromatic rings. The van der Waals surface area contributed by atoms with Crippen molar-refractivity contribution in [2.24, 2.45) is 5.41 Å². The molecule has 0 unspecified atom stereocenters. The highest BCUT2D eigenvalue weighted by molar-refractivity contribution is 5.96. The molecule has 1 fully saturated rings. The number of nitrogens with two attached hydrogens (primary N) is 1. The van der Waals surface area contributed by atoms with Crippen LogP contribution in [0, 0.1) is 12.3 Å². The predicted molar refractivity (Wildman–Crippen MR) is 79.1 cm³/mol. The van der Waals surface area contributed by atoms with Crippen LogP contribution in [-0.2, 0) is 0 Å². The summed E-state index contributed by atoms with van der Waals surface area (Å²) in [5.41, 5.74) is 8.54. The quantitative estimate of drug-likeness (QED) is 0.848. The minimum atomic E-state index is 0.133. The fourth-order valence-electron chi connectivity index (χ4n) is 2.98. The fraction of sp³-hybridized carbons (Fsp3) is 0.562. The Morgan fingerprint density at radius 1 is 1.37 bits per heavy atom. The van der Waals surface area contributed by atoms with E-state index in [-0.39, 0.29) is 5.91 Å². The van der Waals surface area contributed by atoms with E-state index in [1.165, 1.54) is 0 Å². The molecular weight excluding hydrogens is 236 g/mol. The molecular formula is C16H24N2O.